The first-order chi connectivity index (χ1) is 7.60. The van der Waals surface area contributed by atoms with Gasteiger partial charge in [0.15, 0.2) is 0 Å². The van der Waals surface area contributed by atoms with E-state index in [-0.39, 0.29) is 11.7 Å². The van der Waals surface area contributed by atoms with Gasteiger partial charge in [-0.05, 0) is 19.8 Å². The van der Waals surface area contributed by atoms with Gasteiger partial charge in [-0.25, -0.2) is 0 Å². The third kappa shape index (κ3) is 3.37. The third-order valence-electron chi connectivity index (χ3n) is 2.71. The molecule has 0 spiro atoms. The molecule has 0 bridgehead atoms. The molecule has 0 saturated heterocycles. The van der Waals surface area contributed by atoms with E-state index in [1.807, 2.05) is 0 Å². The number of hydrogen-bond acceptors (Lipinski definition) is 4. The molecule has 1 unspecified atom stereocenters. The van der Waals surface area contributed by atoms with Gasteiger partial charge in [0.25, 0.3) is 5.91 Å². The molecule has 1 rings (SSSR count). The van der Waals surface area contributed by atoms with Crippen molar-refractivity contribution in [2.75, 3.05) is 13.7 Å². The fourth-order valence-electron chi connectivity index (χ4n) is 1.48. The van der Waals surface area contributed by atoms with Crippen LogP contribution in [0.25, 0.3) is 0 Å². The second-order valence-electron chi connectivity index (χ2n) is 3.98. The van der Waals surface area contributed by atoms with Gasteiger partial charge < -0.3 is 20.6 Å². The van der Waals surface area contributed by atoms with Crippen molar-refractivity contribution in [3.05, 3.63) is 0 Å². The van der Waals surface area contributed by atoms with E-state index in [0.29, 0.717) is 19.0 Å². The van der Waals surface area contributed by atoms with Crippen LogP contribution in [-0.4, -0.2) is 47.7 Å². The molecule has 0 heterocycles. The summed E-state index contributed by atoms with van der Waals surface area (Å²) in [4.78, 5) is 13.7. The van der Waals surface area contributed by atoms with Crippen LogP contribution in [0.1, 0.15) is 26.2 Å². The Labute approximate surface area is 95.0 Å². The molecule has 1 amide bonds. The number of nitrogens with zero attached hydrogens (tertiary/aromatic N) is 2. The van der Waals surface area contributed by atoms with Gasteiger partial charge in [0.2, 0.25) is 0 Å². The molecule has 0 radical (unpaired) electrons. The SMILES string of the molecule is COC(C)C(=O)N(CCC(N)=NO)C1CC1. The largest absolute Gasteiger partial charge is 0.409 e. The topological polar surface area (TPSA) is 88.2 Å². The van der Waals surface area contributed by atoms with Crippen LogP contribution in [0.2, 0.25) is 0 Å². The Kier molecular flexibility index (Phi) is 4.54. The molecule has 16 heavy (non-hydrogen) atoms. The highest BCUT2D eigenvalue weighted by atomic mass is 16.5. The fourth-order valence-corrected chi connectivity index (χ4v) is 1.48. The first kappa shape index (κ1) is 12.8. The van der Waals surface area contributed by atoms with Gasteiger partial charge >= 0.3 is 0 Å². The summed E-state index contributed by atoms with van der Waals surface area (Å²) in [5.74, 6) is 0.110. The number of carbonyl (C=O) groups excluding carboxylic acids is 1. The second kappa shape index (κ2) is 5.69. The summed E-state index contributed by atoms with van der Waals surface area (Å²) >= 11 is 0. The molecule has 6 nitrogen and oxygen atoms in total. The number of amidine groups is 1. The average molecular weight is 229 g/mol. The molecule has 1 aliphatic carbocycles. The van der Waals surface area contributed by atoms with Crippen LogP contribution < -0.4 is 5.73 Å². The number of nitrogens with two attached hydrogens (primary N) is 1. The Bertz CT molecular complexity index is 276. The van der Waals surface area contributed by atoms with Crippen molar-refractivity contribution in [1.82, 2.24) is 4.90 Å². The van der Waals surface area contributed by atoms with E-state index in [0.717, 1.165) is 12.8 Å². The van der Waals surface area contributed by atoms with Gasteiger partial charge in [-0.3, -0.25) is 4.79 Å². The Morgan fingerprint density at radius 1 is 1.69 bits per heavy atom. The highest BCUT2D eigenvalue weighted by Gasteiger charge is 2.34. The van der Waals surface area contributed by atoms with Crippen molar-refractivity contribution in [2.45, 2.75) is 38.3 Å². The minimum atomic E-state index is -0.437. The van der Waals surface area contributed by atoms with Crippen molar-refractivity contribution in [2.24, 2.45) is 10.9 Å². The lowest BCUT2D eigenvalue weighted by Crippen LogP contribution is -2.41. The van der Waals surface area contributed by atoms with E-state index < -0.39 is 6.10 Å². The molecular weight excluding hydrogens is 210 g/mol. The van der Waals surface area contributed by atoms with Crippen LogP contribution >= 0.6 is 0 Å². The predicted octanol–water partition coefficient (Wildman–Crippen LogP) is 0.149. The number of ether oxygens (including phenoxy) is 1. The van der Waals surface area contributed by atoms with Crippen molar-refractivity contribution in [3.8, 4) is 0 Å². The molecule has 6 heteroatoms. The maximum absolute atomic E-state index is 11.9. The van der Waals surface area contributed by atoms with Crippen LogP contribution in [-0.2, 0) is 9.53 Å². The average Bonchev–Trinajstić information content (AvgIpc) is 3.11. The van der Waals surface area contributed by atoms with E-state index in [1.54, 1.807) is 11.8 Å². The summed E-state index contributed by atoms with van der Waals surface area (Å²) in [5.41, 5.74) is 5.38. The Morgan fingerprint density at radius 3 is 2.75 bits per heavy atom. The fraction of sp³-hybridized carbons (Fsp3) is 0.800. The highest BCUT2D eigenvalue weighted by molar-refractivity contribution is 5.83. The quantitative estimate of drug-likeness (QED) is 0.294. The Morgan fingerprint density at radius 2 is 2.31 bits per heavy atom. The normalized spacial score (nSPS) is 18.2. The molecule has 0 aliphatic heterocycles. The second-order valence-corrected chi connectivity index (χ2v) is 3.98. The number of carbonyl (C=O) groups is 1. The van der Waals surface area contributed by atoms with E-state index in [2.05, 4.69) is 5.16 Å². The number of amides is 1. The maximum Gasteiger partial charge on any atom is 0.251 e. The van der Waals surface area contributed by atoms with E-state index >= 15 is 0 Å². The molecular formula is C10H19N3O3. The minimum Gasteiger partial charge on any atom is -0.409 e. The lowest BCUT2D eigenvalue weighted by atomic mass is 10.3. The zero-order valence-electron chi connectivity index (χ0n) is 9.72. The Balaban J connectivity index is 2.50. The zero-order valence-corrected chi connectivity index (χ0v) is 9.72. The van der Waals surface area contributed by atoms with Gasteiger partial charge in [-0.2, -0.15) is 0 Å². The van der Waals surface area contributed by atoms with E-state index in [1.165, 1.54) is 7.11 Å². The molecule has 0 aromatic rings. The number of hydrogen-bond donors (Lipinski definition) is 2. The van der Waals surface area contributed by atoms with Crippen molar-refractivity contribution < 1.29 is 14.7 Å². The monoisotopic (exact) mass is 229 g/mol. The van der Waals surface area contributed by atoms with Crippen LogP contribution in [0.3, 0.4) is 0 Å². The van der Waals surface area contributed by atoms with Crippen LogP contribution in [0.5, 0.6) is 0 Å². The lowest BCUT2D eigenvalue weighted by Gasteiger charge is -2.24. The van der Waals surface area contributed by atoms with E-state index in [4.69, 9.17) is 15.7 Å². The maximum atomic E-state index is 11.9. The van der Waals surface area contributed by atoms with Crippen molar-refractivity contribution in [1.29, 1.82) is 0 Å². The number of oxime groups is 1. The van der Waals surface area contributed by atoms with Crippen molar-refractivity contribution in [3.63, 3.8) is 0 Å². The zero-order chi connectivity index (χ0) is 12.1. The summed E-state index contributed by atoms with van der Waals surface area (Å²) in [6.07, 6.45) is 2.00. The van der Waals surface area contributed by atoms with Crippen LogP contribution in [0.15, 0.2) is 5.16 Å². The molecule has 1 atom stereocenters. The Hall–Kier alpha value is -1.30. The van der Waals surface area contributed by atoms with Crippen LogP contribution in [0, 0.1) is 0 Å². The van der Waals surface area contributed by atoms with Gasteiger partial charge in [0.1, 0.15) is 11.9 Å². The molecule has 1 aliphatic rings. The van der Waals surface area contributed by atoms with Crippen LogP contribution in [0.4, 0.5) is 0 Å². The molecule has 0 aromatic carbocycles. The van der Waals surface area contributed by atoms with Gasteiger partial charge in [0.05, 0.1) is 0 Å². The molecule has 0 aromatic heterocycles. The van der Waals surface area contributed by atoms with Gasteiger partial charge in [-0.1, -0.05) is 5.16 Å². The molecule has 1 saturated carbocycles. The van der Waals surface area contributed by atoms with Gasteiger partial charge in [-0.15, -0.1) is 0 Å². The minimum absolute atomic E-state index is 0.0317. The summed E-state index contributed by atoms with van der Waals surface area (Å²) in [6.45, 7) is 2.20. The number of methoxy groups -OCH3 is 1. The van der Waals surface area contributed by atoms with Gasteiger partial charge in [0, 0.05) is 26.1 Å². The third-order valence-corrected chi connectivity index (χ3v) is 2.71. The molecule has 92 valence electrons. The standard InChI is InChI=1S/C10H19N3O3/c1-7(16-2)10(14)13(8-3-4-8)6-5-9(11)12-15/h7-8,15H,3-6H2,1-2H3,(H2,11,12). The first-order valence-electron chi connectivity index (χ1n) is 5.39. The first-order valence-corrected chi connectivity index (χ1v) is 5.39. The lowest BCUT2D eigenvalue weighted by molar-refractivity contribution is -0.141. The predicted molar refractivity (Wildman–Crippen MR) is 59.2 cm³/mol. The number of rotatable bonds is 6. The smallest absolute Gasteiger partial charge is 0.251 e. The van der Waals surface area contributed by atoms with E-state index in [9.17, 15) is 4.79 Å². The summed E-state index contributed by atoms with van der Waals surface area (Å²) in [5, 5.41) is 11.3. The highest BCUT2D eigenvalue weighted by Crippen LogP contribution is 2.27. The van der Waals surface area contributed by atoms with Crippen molar-refractivity contribution >= 4 is 11.7 Å². The molecule has 1 fully saturated rings. The summed E-state index contributed by atoms with van der Waals surface area (Å²) < 4.78 is 5.00. The summed E-state index contributed by atoms with van der Waals surface area (Å²) in [7, 11) is 1.51. The molecule has 3 N–H and O–H groups in total. The summed E-state index contributed by atoms with van der Waals surface area (Å²) in [6, 6.07) is 0.302.